The number of benzene rings is 1. The fourth-order valence-corrected chi connectivity index (χ4v) is 3.69. The van der Waals surface area contributed by atoms with Crippen LogP contribution in [0.25, 0.3) is 10.9 Å². The van der Waals surface area contributed by atoms with E-state index < -0.39 is 16.8 Å². The number of hydrogen-bond donors (Lipinski definition) is 3. The van der Waals surface area contributed by atoms with E-state index in [-0.39, 0.29) is 36.7 Å². The maximum absolute atomic E-state index is 13.5. The second-order valence-electron chi connectivity index (χ2n) is 6.98. The van der Waals surface area contributed by atoms with Crippen LogP contribution >= 0.6 is 0 Å². The zero-order valence-corrected chi connectivity index (χ0v) is 14.1. The average molecular weight is 359 g/mol. The Hall–Kier alpha value is -2.70. The molecule has 136 valence electrons. The Labute approximate surface area is 148 Å². The van der Waals surface area contributed by atoms with Gasteiger partial charge in [-0.05, 0) is 24.8 Å². The summed E-state index contributed by atoms with van der Waals surface area (Å²) in [4.78, 5) is 26.9. The van der Waals surface area contributed by atoms with Crippen LogP contribution in [0.1, 0.15) is 25.7 Å². The van der Waals surface area contributed by atoms with E-state index in [0.717, 1.165) is 10.9 Å². The van der Waals surface area contributed by atoms with Crippen LogP contribution in [0.15, 0.2) is 40.1 Å². The Morgan fingerprint density at radius 3 is 2.73 bits per heavy atom. The number of alkyl halides is 2. The van der Waals surface area contributed by atoms with Gasteiger partial charge < -0.3 is 15.6 Å². The molecule has 0 saturated heterocycles. The summed E-state index contributed by atoms with van der Waals surface area (Å²) in [6, 6.07) is 7.58. The molecule has 4 rings (SSSR count). The third-order valence-corrected chi connectivity index (χ3v) is 5.07. The molecular formula is C19H19F2N3O2. The molecule has 0 unspecified atom stereocenters. The summed E-state index contributed by atoms with van der Waals surface area (Å²) in [5.74, 6) is -2.84. The van der Waals surface area contributed by atoms with Crippen molar-refractivity contribution in [1.82, 2.24) is 4.98 Å². The van der Waals surface area contributed by atoms with Crippen molar-refractivity contribution in [1.29, 1.82) is 0 Å². The summed E-state index contributed by atoms with van der Waals surface area (Å²) >= 11 is 0. The molecular weight excluding hydrogens is 340 g/mol. The summed E-state index contributed by atoms with van der Waals surface area (Å²) in [7, 11) is 0. The molecule has 0 amide bonds. The number of nitrogens with one attached hydrogen (secondary N) is 3. The average Bonchev–Trinajstić information content (AvgIpc) is 3.03. The molecule has 1 saturated carbocycles. The van der Waals surface area contributed by atoms with Gasteiger partial charge in [-0.3, -0.25) is 9.59 Å². The minimum Gasteiger partial charge on any atom is -0.380 e. The summed E-state index contributed by atoms with van der Waals surface area (Å²) in [5.41, 5.74) is 0.797. The molecule has 1 heterocycles. The molecule has 1 aliphatic rings. The van der Waals surface area contributed by atoms with Crippen molar-refractivity contribution in [3.8, 4) is 0 Å². The van der Waals surface area contributed by atoms with Gasteiger partial charge in [0.1, 0.15) is 11.4 Å². The molecule has 1 aromatic heterocycles. The summed E-state index contributed by atoms with van der Waals surface area (Å²) in [6.07, 6.45) is 2.65. The lowest BCUT2D eigenvalue weighted by atomic mass is 9.86. The number of aromatic nitrogens is 1. The third kappa shape index (κ3) is 2.98. The zero-order chi connectivity index (χ0) is 18.3. The van der Waals surface area contributed by atoms with Crippen molar-refractivity contribution in [2.75, 3.05) is 17.2 Å². The molecule has 0 radical (unpaired) electrons. The van der Waals surface area contributed by atoms with Gasteiger partial charge in [-0.2, -0.15) is 0 Å². The maximum Gasteiger partial charge on any atom is 0.253 e. The van der Waals surface area contributed by atoms with Gasteiger partial charge in [0.15, 0.2) is 0 Å². The van der Waals surface area contributed by atoms with Crippen LogP contribution in [0.2, 0.25) is 0 Å². The highest BCUT2D eigenvalue weighted by molar-refractivity contribution is 5.95. The molecule has 3 N–H and O–H groups in total. The summed E-state index contributed by atoms with van der Waals surface area (Å²) < 4.78 is 27.0. The number of halogens is 2. The molecule has 2 aromatic carbocycles. The van der Waals surface area contributed by atoms with E-state index >= 15 is 0 Å². The van der Waals surface area contributed by atoms with Crippen LogP contribution in [-0.2, 0) is 0 Å². The number of hydrogen-bond acceptors (Lipinski definition) is 4. The minimum atomic E-state index is -2.64. The Kier molecular flexibility index (Phi) is 4.01. The van der Waals surface area contributed by atoms with Gasteiger partial charge in [-0.25, -0.2) is 8.78 Å². The fourth-order valence-electron chi connectivity index (χ4n) is 3.69. The normalized spacial score (nSPS) is 19.7. The molecule has 0 bridgehead atoms. The van der Waals surface area contributed by atoms with Gasteiger partial charge in [0, 0.05) is 36.5 Å². The first-order valence-corrected chi connectivity index (χ1v) is 8.73. The highest BCUT2D eigenvalue weighted by Crippen LogP contribution is 2.37. The first-order chi connectivity index (χ1) is 12.4. The zero-order valence-electron chi connectivity index (χ0n) is 14.1. The highest BCUT2D eigenvalue weighted by Gasteiger charge is 2.36. The monoisotopic (exact) mass is 359 g/mol. The van der Waals surface area contributed by atoms with Crippen molar-refractivity contribution in [3.05, 3.63) is 50.9 Å². The first-order valence-electron chi connectivity index (χ1n) is 8.73. The van der Waals surface area contributed by atoms with Gasteiger partial charge in [0.25, 0.3) is 10.9 Å². The Bertz CT molecular complexity index is 1020. The lowest BCUT2D eigenvalue weighted by Crippen LogP contribution is -2.38. The number of anilines is 3. The van der Waals surface area contributed by atoms with E-state index in [9.17, 15) is 18.4 Å². The second kappa shape index (κ2) is 6.23. The Morgan fingerprint density at radius 1 is 1.15 bits per heavy atom. The molecule has 1 aliphatic carbocycles. The lowest BCUT2D eigenvalue weighted by Gasteiger charge is -2.29. The largest absolute Gasteiger partial charge is 0.380 e. The number of rotatable bonds is 5. The van der Waals surface area contributed by atoms with Gasteiger partial charge in [0.05, 0.1) is 5.69 Å². The van der Waals surface area contributed by atoms with E-state index in [0.29, 0.717) is 18.5 Å². The van der Waals surface area contributed by atoms with Gasteiger partial charge in [-0.1, -0.05) is 18.2 Å². The highest BCUT2D eigenvalue weighted by atomic mass is 19.3. The molecule has 0 spiro atoms. The number of para-hydroxylation sites is 1. The van der Waals surface area contributed by atoms with Crippen LogP contribution in [0.5, 0.6) is 0 Å². The van der Waals surface area contributed by atoms with E-state index in [2.05, 4.69) is 15.6 Å². The fraction of sp³-hybridized carbons (Fsp3) is 0.368. The third-order valence-electron chi connectivity index (χ3n) is 5.07. The van der Waals surface area contributed by atoms with Crippen molar-refractivity contribution in [2.45, 2.75) is 31.6 Å². The second-order valence-corrected chi connectivity index (χ2v) is 6.98. The first kappa shape index (κ1) is 16.8. The predicted molar refractivity (Wildman–Crippen MR) is 98.3 cm³/mol. The maximum atomic E-state index is 13.5. The van der Waals surface area contributed by atoms with E-state index in [1.807, 2.05) is 24.3 Å². The summed E-state index contributed by atoms with van der Waals surface area (Å²) in [6.45, 7) is 0.267. The number of aromatic amines is 1. The van der Waals surface area contributed by atoms with E-state index in [1.54, 1.807) is 6.20 Å². The van der Waals surface area contributed by atoms with Crippen LogP contribution in [0, 0.1) is 5.92 Å². The summed E-state index contributed by atoms with van der Waals surface area (Å²) in [5, 5.41) is 6.82. The van der Waals surface area contributed by atoms with Crippen molar-refractivity contribution in [3.63, 3.8) is 0 Å². The standard InChI is InChI=1S/C19H19F2N3O2/c20-19(21)7-3-4-11(8-19)9-23-15-16(18(26)17(15)25)24-14-10-22-13-6-2-1-5-12(13)14/h1-2,5-6,10-11,22-24H,3-4,7-9H2/t11-/m0/s1. The minimum absolute atomic E-state index is 0.0724. The van der Waals surface area contributed by atoms with Gasteiger partial charge in [-0.15, -0.1) is 0 Å². The van der Waals surface area contributed by atoms with E-state index in [4.69, 9.17) is 0 Å². The predicted octanol–water partition coefficient (Wildman–Crippen LogP) is 3.74. The van der Waals surface area contributed by atoms with Crippen LogP contribution in [0.3, 0.4) is 0 Å². The SMILES string of the molecule is O=c1c(NC[C@H]2CCCC(F)(F)C2)c(Nc2c[nH]c3ccccc23)c1=O. The number of fused-ring (bicyclic) bond motifs is 1. The quantitative estimate of drug-likeness (QED) is 0.607. The van der Waals surface area contributed by atoms with Crippen molar-refractivity contribution >= 4 is 28.0 Å². The topological polar surface area (TPSA) is 74.0 Å². The molecule has 1 fully saturated rings. The van der Waals surface area contributed by atoms with Crippen molar-refractivity contribution < 1.29 is 8.78 Å². The molecule has 7 heteroatoms. The lowest BCUT2D eigenvalue weighted by molar-refractivity contribution is -0.0502. The van der Waals surface area contributed by atoms with Crippen LogP contribution < -0.4 is 21.5 Å². The molecule has 0 aliphatic heterocycles. The molecule has 5 nitrogen and oxygen atoms in total. The van der Waals surface area contributed by atoms with Crippen molar-refractivity contribution in [2.24, 2.45) is 5.92 Å². The smallest absolute Gasteiger partial charge is 0.253 e. The van der Waals surface area contributed by atoms with Gasteiger partial charge in [0.2, 0.25) is 5.92 Å². The Balaban J connectivity index is 1.50. The molecule has 1 atom stereocenters. The Morgan fingerprint density at radius 2 is 1.92 bits per heavy atom. The van der Waals surface area contributed by atoms with E-state index in [1.165, 1.54) is 0 Å². The van der Waals surface area contributed by atoms with Crippen LogP contribution in [0.4, 0.5) is 25.8 Å². The van der Waals surface area contributed by atoms with Crippen LogP contribution in [-0.4, -0.2) is 17.5 Å². The number of H-pyrrole nitrogens is 1. The molecule has 3 aromatic rings. The van der Waals surface area contributed by atoms with Gasteiger partial charge >= 0.3 is 0 Å². The molecule has 26 heavy (non-hydrogen) atoms.